The van der Waals surface area contributed by atoms with E-state index in [1.807, 2.05) is 12.1 Å². The number of benzene rings is 1. The van der Waals surface area contributed by atoms with Crippen molar-refractivity contribution < 1.29 is 14.3 Å². The fraction of sp³-hybridized carbons (Fsp3) is 0.533. The smallest absolute Gasteiger partial charge is 0.338 e. The Morgan fingerprint density at radius 3 is 3.05 bits per heavy atom. The molecule has 2 heterocycles. The van der Waals surface area contributed by atoms with Crippen LogP contribution in [0.1, 0.15) is 46.8 Å². The molecule has 1 fully saturated rings. The number of hydrogen-bond donors (Lipinski definition) is 1. The molecule has 1 N–H and O–H groups in total. The van der Waals surface area contributed by atoms with E-state index in [-0.39, 0.29) is 5.97 Å². The molecule has 1 atom stereocenters. The first-order valence-electron chi connectivity index (χ1n) is 6.91. The van der Waals surface area contributed by atoms with Crippen molar-refractivity contribution in [2.45, 2.75) is 31.7 Å². The second-order valence-electron chi connectivity index (χ2n) is 5.10. The lowest BCUT2D eigenvalue weighted by molar-refractivity contribution is 0.0599. The SMILES string of the molecule is COC(=O)c1ccc(C2CCCCN2)c2c1CCO2. The number of carbonyl (C=O) groups is 1. The molecule has 1 aromatic rings. The third kappa shape index (κ3) is 2.21. The summed E-state index contributed by atoms with van der Waals surface area (Å²) >= 11 is 0. The number of carbonyl (C=O) groups excluding carboxylic acids is 1. The quantitative estimate of drug-likeness (QED) is 0.829. The highest BCUT2D eigenvalue weighted by atomic mass is 16.5. The average Bonchev–Trinajstić information content (AvgIpc) is 2.95. The van der Waals surface area contributed by atoms with Gasteiger partial charge in [-0.2, -0.15) is 0 Å². The minimum atomic E-state index is -0.273. The number of piperidine rings is 1. The summed E-state index contributed by atoms with van der Waals surface area (Å²) in [6.45, 7) is 1.71. The Morgan fingerprint density at radius 2 is 2.32 bits per heavy atom. The predicted molar refractivity (Wildman–Crippen MR) is 71.6 cm³/mol. The molecule has 0 spiro atoms. The first-order chi connectivity index (χ1) is 9.31. The van der Waals surface area contributed by atoms with E-state index >= 15 is 0 Å². The molecule has 4 nitrogen and oxygen atoms in total. The van der Waals surface area contributed by atoms with Gasteiger partial charge >= 0.3 is 5.97 Å². The van der Waals surface area contributed by atoms with Crippen molar-refractivity contribution in [3.8, 4) is 5.75 Å². The highest BCUT2D eigenvalue weighted by Gasteiger charge is 2.27. The van der Waals surface area contributed by atoms with Crippen molar-refractivity contribution >= 4 is 5.97 Å². The van der Waals surface area contributed by atoms with Gasteiger partial charge in [0.15, 0.2) is 0 Å². The molecule has 0 radical (unpaired) electrons. The first-order valence-corrected chi connectivity index (χ1v) is 6.91. The first kappa shape index (κ1) is 12.5. The minimum Gasteiger partial charge on any atom is -0.493 e. The fourth-order valence-corrected chi connectivity index (χ4v) is 3.01. The third-order valence-corrected chi connectivity index (χ3v) is 3.98. The zero-order chi connectivity index (χ0) is 13.2. The molecule has 4 heteroatoms. The van der Waals surface area contributed by atoms with Crippen molar-refractivity contribution in [1.82, 2.24) is 5.32 Å². The molecule has 1 unspecified atom stereocenters. The number of fused-ring (bicyclic) bond motifs is 1. The van der Waals surface area contributed by atoms with Gasteiger partial charge in [0, 0.05) is 23.6 Å². The van der Waals surface area contributed by atoms with E-state index in [9.17, 15) is 4.79 Å². The molecule has 2 aliphatic heterocycles. The van der Waals surface area contributed by atoms with Gasteiger partial charge in [0.25, 0.3) is 0 Å². The maximum absolute atomic E-state index is 11.8. The highest BCUT2D eigenvalue weighted by molar-refractivity contribution is 5.92. The van der Waals surface area contributed by atoms with Crippen LogP contribution in [0.25, 0.3) is 0 Å². The largest absolute Gasteiger partial charge is 0.493 e. The molecule has 0 bridgehead atoms. The molecule has 3 rings (SSSR count). The molecule has 1 aromatic carbocycles. The van der Waals surface area contributed by atoms with Gasteiger partial charge in [-0.15, -0.1) is 0 Å². The Balaban J connectivity index is 1.99. The second kappa shape index (κ2) is 5.21. The number of esters is 1. The van der Waals surface area contributed by atoms with E-state index in [1.54, 1.807) is 0 Å². The van der Waals surface area contributed by atoms with Crippen LogP contribution in [0, 0.1) is 0 Å². The van der Waals surface area contributed by atoms with Gasteiger partial charge in [-0.1, -0.05) is 12.5 Å². The van der Waals surface area contributed by atoms with Crippen LogP contribution in [0.2, 0.25) is 0 Å². The van der Waals surface area contributed by atoms with E-state index in [0.29, 0.717) is 18.2 Å². The highest BCUT2D eigenvalue weighted by Crippen LogP contribution is 2.38. The molecule has 0 aromatic heterocycles. The Bertz CT molecular complexity index is 492. The zero-order valence-electron chi connectivity index (χ0n) is 11.2. The Kier molecular flexibility index (Phi) is 3.42. The van der Waals surface area contributed by atoms with Gasteiger partial charge in [0.2, 0.25) is 0 Å². The Labute approximate surface area is 113 Å². The van der Waals surface area contributed by atoms with Gasteiger partial charge in [0.1, 0.15) is 5.75 Å². The van der Waals surface area contributed by atoms with E-state index in [0.717, 1.165) is 30.7 Å². The summed E-state index contributed by atoms with van der Waals surface area (Å²) < 4.78 is 10.6. The van der Waals surface area contributed by atoms with E-state index < -0.39 is 0 Å². The molecular weight excluding hydrogens is 242 g/mol. The topological polar surface area (TPSA) is 47.6 Å². The van der Waals surface area contributed by atoms with Crippen LogP contribution in [0.4, 0.5) is 0 Å². The van der Waals surface area contributed by atoms with Gasteiger partial charge in [-0.3, -0.25) is 0 Å². The zero-order valence-corrected chi connectivity index (χ0v) is 11.2. The van der Waals surface area contributed by atoms with Crippen LogP contribution in [-0.2, 0) is 11.2 Å². The fourth-order valence-electron chi connectivity index (χ4n) is 3.01. The number of methoxy groups -OCH3 is 1. The maximum Gasteiger partial charge on any atom is 0.338 e. The van der Waals surface area contributed by atoms with Crippen LogP contribution in [0.3, 0.4) is 0 Å². The molecular formula is C15H19NO3. The van der Waals surface area contributed by atoms with Gasteiger partial charge in [0.05, 0.1) is 19.3 Å². The monoisotopic (exact) mass is 261 g/mol. The van der Waals surface area contributed by atoms with E-state index in [1.165, 1.54) is 25.5 Å². The van der Waals surface area contributed by atoms with Crippen LogP contribution in [0.15, 0.2) is 12.1 Å². The van der Waals surface area contributed by atoms with Crippen LogP contribution >= 0.6 is 0 Å². The maximum atomic E-state index is 11.8. The summed E-state index contributed by atoms with van der Waals surface area (Å²) in [6, 6.07) is 4.25. The standard InChI is InChI=1S/C15H19NO3/c1-18-15(17)11-5-6-12(13-4-2-3-8-16-13)14-10(11)7-9-19-14/h5-6,13,16H,2-4,7-9H2,1H3. The number of ether oxygens (including phenoxy) is 2. The molecule has 19 heavy (non-hydrogen) atoms. The van der Waals surface area contributed by atoms with Crippen molar-refractivity contribution in [3.63, 3.8) is 0 Å². The van der Waals surface area contributed by atoms with E-state index in [2.05, 4.69) is 5.32 Å². The van der Waals surface area contributed by atoms with Gasteiger partial charge < -0.3 is 14.8 Å². The van der Waals surface area contributed by atoms with Crippen molar-refractivity contribution in [2.24, 2.45) is 0 Å². The van der Waals surface area contributed by atoms with Crippen LogP contribution in [0.5, 0.6) is 5.75 Å². The van der Waals surface area contributed by atoms with Crippen molar-refractivity contribution in [3.05, 3.63) is 28.8 Å². The number of nitrogens with one attached hydrogen (secondary N) is 1. The third-order valence-electron chi connectivity index (χ3n) is 3.98. The van der Waals surface area contributed by atoms with Crippen LogP contribution in [-0.4, -0.2) is 26.2 Å². The molecule has 0 saturated carbocycles. The lowest BCUT2D eigenvalue weighted by Gasteiger charge is -2.25. The molecule has 2 aliphatic rings. The van der Waals surface area contributed by atoms with Gasteiger partial charge in [-0.05, 0) is 25.5 Å². The molecule has 102 valence electrons. The summed E-state index contributed by atoms with van der Waals surface area (Å²) in [6.07, 6.45) is 4.40. The van der Waals surface area contributed by atoms with Crippen LogP contribution < -0.4 is 10.1 Å². The van der Waals surface area contributed by atoms with E-state index in [4.69, 9.17) is 9.47 Å². The summed E-state index contributed by atoms with van der Waals surface area (Å²) in [5.74, 6) is 0.632. The average molecular weight is 261 g/mol. The van der Waals surface area contributed by atoms with Crippen molar-refractivity contribution in [1.29, 1.82) is 0 Å². The lowest BCUT2D eigenvalue weighted by atomic mass is 9.93. The molecule has 0 aliphatic carbocycles. The summed E-state index contributed by atoms with van der Waals surface area (Å²) in [7, 11) is 1.42. The number of hydrogen-bond acceptors (Lipinski definition) is 4. The second-order valence-corrected chi connectivity index (χ2v) is 5.10. The Hall–Kier alpha value is -1.55. The van der Waals surface area contributed by atoms with Gasteiger partial charge in [-0.25, -0.2) is 4.79 Å². The lowest BCUT2D eigenvalue weighted by Crippen LogP contribution is -2.27. The molecule has 0 amide bonds. The summed E-state index contributed by atoms with van der Waals surface area (Å²) in [5.41, 5.74) is 2.85. The molecule has 1 saturated heterocycles. The number of rotatable bonds is 2. The summed E-state index contributed by atoms with van der Waals surface area (Å²) in [4.78, 5) is 11.8. The minimum absolute atomic E-state index is 0.273. The Morgan fingerprint density at radius 1 is 1.42 bits per heavy atom. The predicted octanol–water partition coefficient (Wildman–Crippen LogP) is 2.22. The van der Waals surface area contributed by atoms with Crippen molar-refractivity contribution in [2.75, 3.05) is 20.3 Å². The normalized spacial score (nSPS) is 21.6. The summed E-state index contributed by atoms with van der Waals surface area (Å²) in [5, 5.41) is 3.53.